The minimum Gasteiger partial charge on any atom is -0.310 e. The number of halogens is 6. The summed E-state index contributed by atoms with van der Waals surface area (Å²) >= 11 is 0. The fourth-order valence-corrected chi connectivity index (χ4v) is 3.58. The number of benzene rings is 3. The van der Waals surface area contributed by atoms with E-state index in [2.05, 4.69) is 0 Å². The third-order valence-electron chi connectivity index (χ3n) is 5.31. The van der Waals surface area contributed by atoms with Crippen molar-refractivity contribution in [1.82, 2.24) is 0 Å². The average Bonchev–Trinajstić information content (AvgIpc) is 2.80. The Morgan fingerprint density at radius 3 is 1.40 bits per heavy atom. The molecule has 0 spiro atoms. The maximum atomic E-state index is 14.3. The molecule has 156 valence electrons. The van der Waals surface area contributed by atoms with E-state index in [4.69, 9.17) is 0 Å². The van der Waals surface area contributed by atoms with Crippen molar-refractivity contribution < 1.29 is 26.3 Å². The summed E-state index contributed by atoms with van der Waals surface area (Å²) < 4.78 is 84.4. The summed E-state index contributed by atoms with van der Waals surface area (Å²) in [5.74, 6) is -15.4. The molecule has 30 heavy (non-hydrogen) atoms. The summed E-state index contributed by atoms with van der Waals surface area (Å²) in [6, 6.07) is 16.7. The summed E-state index contributed by atoms with van der Waals surface area (Å²) in [6.45, 7) is 3.75. The van der Waals surface area contributed by atoms with Crippen LogP contribution in [-0.4, -0.2) is 5.92 Å². The number of fused-ring (bicyclic) bond motifs is 1. The molecular formula is C23H17F6N. The van der Waals surface area contributed by atoms with Gasteiger partial charge in [0.2, 0.25) is 0 Å². The van der Waals surface area contributed by atoms with Crippen LogP contribution in [0.15, 0.2) is 66.7 Å². The van der Waals surface area contributed by atoms with Gasteiger partial charge in [-0.1, -0.05) is 41.5 Å². The van der Waals surface area contributed by atoms with Gasteiger partial charge in [-0.15, -0.1) is 0 Å². The highest BCUT2D eigenvalue weighted by atomic mass is 19.3. The lowest BCUT2D eigenvalue weighted by Crippen LogP contribution is -2.43. The van der Waals surface area contributed by atoms with Crippen molar-refractivity contribution in [3.63, 3.8) is 0 Å². The lowest BCUT2D eigenvalue weighted by molar-refractivity contribution is -0.302. The first-order chi connectivity index (χ1) is 14.0. The van der Waals surface area contributed by atoms with E-state index in [0.717, 1.165) is 23.3 Å². The Morgan fingerprint density at radius 1 is 0.533 bits per heavy atom. The monoisotopic (exact) mass is 421 g/mol. The Labute approximate surface area is 169 Å². The van der Waals surface area contributed by atoms with Crippen molar-refractivity contribution in [3.05, 3.63) is 89.0 Å². The SMILES string of the molecule is Cc1ccc(N(c2ccc(C)cc2)c2ccc3c(c2)C(F)(F)C(F)(F)C3(F)F)cc1. The summed E-state index contributed by atoms with van der Waals surface area (Å²) in [6.07, 6.45) is 0. The van der Waals surface area contributed by atoms with Gasteiger partial charge in [0.15, 0.2) is 0 Å². The van der Waals surface area contributed by atoms with Crippen LogP contribution in [0.1, 0.15) is 22.3 Å². The Morgan fingerprint density at radius 2 is 0.933 bits per heavy atom. The molecule has 0 unspecified atom stereocenters. The molecule has 1 nitrogen and oxygen atoms in total. The summed E-state index contributed by atoms with van der Waals surface area (Å²) in [5.41, 5.74) is 0.432. The van der Waals surface area contributed by atoms with Crippen molar-refractivity contribution >= 4 is 17.1 Å². The summed E-state index contributed by atoms with van der Waals surface area (Å²) in [5, 5.41) is 0. The second-order valence-corrected chi connectivity index (χ2v) is 7.46. The molecule has 0 amide bonds. The number of alkyl halides is 6. The van der Waals surface area contributed by atoms with Crippen LogP contribution in [0.5, 0.6) is 0 Å². The molecule has 0 atom stereocenters. The minimum atomic E-state index is -5.50. The normalized spacial score (nSPS) is 18.1. The predicted molar refractivity (Wildman–Crippen MR) is 103 cm³/mol. The Balaban J connectivity index is 1.92. The second-order valence-electron chi connectivity index (χ2n) is 7.46. The Hall–Kier alpha value is -2.96. The smallest absolute Gasteiger partial charge is 0.310 e. The first-order valence-electron chi connectivity index (χ1n) is 9.19. The highest BCUT2D eigenvalue weighted by Crippen LogP contribution is 2.63. The van der Waals surface area contributed by atoms with Gasteiger partial charge >= 0.3 is 17.8 Å². The third-order valence-corrected chi connectivity index (χ3v) is 5.31. The molecule has 0 fully saturated rings. The largest absolute Gasteiger partial charge is 0.380 e. The number of anilines is 3. The highest BCUT2D eigenvalue weighted by molar-refractivity contribution is 5.77. The fourth-order valence-electron chi connectivity index (χ4n) is 3.58. The molecule has 7 heteroatoms. The van der Waals surface area contributed by atoms with Crippen molar-refractivity contribution in [3.8, 4) is 0 Å². The number of rotatable bonds is 3. The van der Waals surface area contributed by atoms with E-state index in [-0.39, 0.29) is 5.69 Å². The summed E-state index contributed by atoms with van der Waals surface area (Å²) in [4.78, 5) is 1.56. The average molecular weight is 421 g/mol. The molecule has 0 aliphatic heterocycles. The number of aryl methyl sites for hydroxylation is 2. The van der Waals surface area contributed by atoms with E-state index in [1.165, 1.54) is 0 Å². The molecule has 1 aliphatic carbocycles. The Bertz CT molecular complexity index is 1040. The third kappa shape index (κ3) is 2.79. The van der Waals surface area contributed by atoms with Gasteiger partial charge in [0.25, 0.3) is 0 Å². The lowest BCUT2D eigenvalue weighted by atomic mass is 10.1. The zero-order valence-corrected chi connectivity index (χ0v) is 16.1. The number of nitrogens with zero attached hydrogens (tertiary/aromatic N) is 1. The Kier molecular flexibility index (Phi) is 4.42. The maximum absolute atomic E-state index is 14.3. The zero-order chi connectivity index (χ0) is 21.9. The van der Waals surface area contributed by atoms with Crippen LogP contribution in [0, 0.1) is 13.8 Å². The molecule has 1 aliphatic rings. The van der Waals surface area contributed by atoms with Crippen molar-refractivity contribution in [2.45, 2.75) is 31.6 Å². The second kappa shape index (κ2) is 6.52. The molecule has 0 bridgehead atoms. The van der Waals surface area contributed by atoms with E-state index in [9.17, 15) is 26.3 Å². The van der Waals surface area contributed by atoms with Gasteiger partial charge in [0, 0.05) is 28.2 Å². The molecule has 4 rings (SSSR count). The van der Waals surface area contributed by atoms with Gasteiger partial charge in [-0.05, 0) is 50.2 Å². The van der Waals surface area contributed by atoms with Crippen molar-refractivity contribution in [2.75, 3.05) is 4.90 Å². The standard InChI is InChI=1S/C23H17F6N/c1-14-3-7-16(8-4-14)30(17-9-5-15(2)6-10-17)18-11-12-19-20(13-18)22(26,27)23(28,29)21(19,24)25/h3-13H,1-2H3. The zero-order valence-electron chi connectivity index (χ0n) is 16.1. The van der Waals surface area contributed by atoms with Crippen molar-refractivity contribution in [2.24, 2.45) is 0 Å². The van der Waals surface area contributed by atoms with Crippen molar-refractivity contribution in [1.29, 1.82) is 0 Å². The first-order valence-corrected chi connectivity index (χ1v) is 9.19. The lowest BCUT2D eigenvalue weighted by Gasteiger charge is -2.26. The fraction of sp³-hybridized carbons (Fsp3) is 0.217. The van der Waals surface area contributed by atoms with E-state index in [1.807, 2.05) is 13.8 Å². The van der Waals surface area contributed by atoms with Crippen LogP contribution in [-0.2, 0) is 11.8 Å². The van der Waals surface area contributed by atoms with Gasteiger partial charge in [-0.2, -0.15) is 26.3 Å². The maximum Gasteiger partial charge on any atom is 0.380 e. The minimum absolute atomic E-state index is 0.0784. The van der Waals surface area contributed by atoms with Crippen LogP contribution in [0.4, 0.5) is 43.4 Å². The van der Waals surface area contributed by atoms with Gasteiger partial charge < -0.3 is 4.90 Å². The molecule has 0 saturated heterocycles. The van der Waals surface area contributed by atoms with Crippen LogP contribution >= 0.6 is 0 Å². The van der Waals surface area contributed by atoms with Crippen LogP contribution in [0.3, 0.4) is 0 Å². The van der Waals surface area contributed by atoms with E-state index < -0.39 is 28.9 Å². The number of hydrogen-bond acceptors (Lipinski definition) is 1. The number of hydrogen-bond donors (Lipinski definition) is 0. The quantitative estimate of drug-likeness (QED) is 0.394. The molecule has 0 saturated carbocycles. The molecule has 3 aromatic rings. The van der Waals surface area contributed by atoms with Crippen LogP contribution in [0.2, 0.25) is 0 Å². The van der Waals surface area contributed by atoms with Gasteiger partial charge in [0.05, 0.1) is 0 Å². The first kappa shape index (κ1) is 20.3. The molecule has 0 N–H and O–H groups in total. The van der Waals surface area contributed by atoms with Gasteiger partial charge in [0.1, 0.15) is 0 Å². The summed E-state index contributed by atoms with van der Waals surface area (Å²) in [7, 11) is 0. The van der Waals surface area contributed by atoms with Crippen LogP contribution < -0.4 is 4.90 Å². The van der Waals surface area contributed by atoms with E-state index >= 15 is 0 Å². The molecule has 3 aromatic carbocycles. The van der Waals surface area contributed by atoms with E-state index in [1.54, 1.807) is 53.4 Å². The molecule has 0 radical (unpaired) electrons. The predicted octanol–water partition coefficient (Wildman–Crippen LogP) is 7.61. The highest BCUT2D eigenvalue weighted by Gasteiger charge is 2.79. The van der Waals surface area contributed by atoms with Gasteiger partial charge in [-0.25, -0.2) is 0 Å². The molecule has 0 aromatic heterocycles. The van der Waals surface area contributed by atoms with Crippen LogP contribution in [0.25, 0.3) is 0 Å². The van der Waals surface area contributed by atoms with E-state index in [0.29, 0.717) is 17.4 Å². The van der Waals surface area contributed by atoms with Gasteiger partial charge in [-0.3, -0.25) is 0 Å². The molecule has 0 heterocycles. The topological polar surface area (TPSA) is 3.24 Å². The molecular weight excluding hydrogens is 404 g/mol.